The third-order valence-electron chi connectivity index (χ3n) is 4.67. The molecule has 1 saturated carbocycles. The predicted molar refractivity (Wildman–Crippen MR) is 69.0 cm³/mol. The Labute approximate surface area is 104 Å². The highest BCUT2D eigenvalue weighted by molar-refractivity contribution is 5.07. The molecule has 1 saturated heterocycles. The molecular weight excluding hydrogens is 210 g/mol. The van der Waals surface area contributed by atoms with Crippen molar-refractivity contribution < 1.29 is 0 Å². The Kier molecular flexibility index (Phi) is 2.95. The van der Waals surface area contributed by atoms with E-state index in [0.29, 0.717) is 11.5 Å². The Morgan fingerprint density at radius 3 is 2.76 bits per heavy atom. The average molecular weight is 233 g/mol. The molecule has 1 aliphatic carbocycles. The Morgan fingerprint density at radius 1 is 1.41 bits per heavy atom. The van der Waals surface area contributed by atoms with Gasteiger partial charge in [-0.3, -0.25) is 4.68 Å². The molecule has 0 radical (unpaired) electrons. The minimum atomic E-state index is 0.495. The van der Waals surface area contributed by atoms with Crippen LogP contribution in [-0.4, -0.2) is 22.9 Å². The second-order valence-corrected chi connectivity index (χ2v) is 5.86. The first-order valence-corrected chi connectivity index (χ1v) is 7.06. The van der Waals surface area contributed by atoms with Crippen molar-refractivity contribution in [2.24, 2.45) is 5.41 Å². The highest BCUT2D eigenvalue weighted by atomic mass is 15.3. The van der Waals surface area contributed by atoms with Crippen LogP contribution in [0, 0.1) is 5.41 Å². The zero-order chi connectivity index (χ0) is 11.7. The molecule has 1 aromatic heterocycles. The number of aromatic nitrogens is 2. The van der Waals surface area contributed by atoms with Crippen LogP contribution in [0.4, 0.5) is 0 Å². The summed E-state index contributed by atoms with van der Waals surface area (Å²) in [5, 5.41) is 8.20. The second-order valence-electron chi connectivity index (χ2n) is 5.86. The van der Waals surface area contributed by atoms with E-state index in [2.05, 4.69) is 29.2 Å². The SMILES string of the molecule is CCC1(Cc2ccn(C3CCCC3)n2)CNC1. The zero-order valence-electron chi connectivity index (χ0n) is 10.8. The molecule has 3 heteroatoms. The lowest BCUT2D eigenvalue weighted by Gasteiger charge is -2.41. The third-order valence-corrected chi connectivity index (χ3v) is 4.67. The Balaban J connectivity index is 1.67. The number of nitrogens with zero attached hydrogens (tertiary/aromatic N) is 2. The highest BCUT2D eigenvalue weighted by Crippen LogP contribution is 2.32. The van der Waals surface area contributed by atoms with Gasteiger partial charge in [-0.05, 0) is 31.7 Å². The molecule has 3 nitrogen and oxygen atoms in total. The van der Waals surface area contributed by atoms with Gasteiger partial charge in [0.1, 0.15) is 0 Å². The number of hydrogen-bond acceptors (Lipinski definition) is 2. The summed E-state index contributed by atoms with van der Waals surface area (Å²) >= 11 is 0. The molecule has 17 heavy (non-hydrogen) atoms. The summed E-state index contributed by atoms with van der Waals surface area (Å²) in [6, 6.07) is 2.91. The van der Waals surface area contributed by atoms with Gasteiger partial charge in [-0.2, -0.15) is 5.10 Å². The first-order chi connectivity index (χ1) is 8.31. The summed E-state index contributed by atoms with van der Waals surface area (Å²) in [7, 11) is 0. The van der Waals surface area contributed by atoms with E-state index < -0.39 is 0 Å². The van der Waals surface area contributed by atoms with Gasteiger partial charge in [-0.15, -0.1) is 0 Å². The molecule has 0 unspecified atom stereocenters. The summed E-state index contributed by atoms with van der Waals surface area (Å²) in [5.74, 6) is 0. The van der Waals surface area contributed by atoms with E-state index in [4.69, 9.17) is 5.10 Å². The van der Waals surface area contributed by atoms with Crippen molar-refractivity contribution in [1.29, 1.82) is 0 Å². The van der Waals surface area contributed by atoms with E-state index in [9.17, 15) is 0 Å². The molecule has 1 aliphatic heterocycles. The van der Waals surface area contributed by atoms with Gasteiger partial charge in [0.2, 0.25) is 0 Å². The van der Waals surface area contributed by atoms with E-state index in [0.717, 1.165) is 6.42 Å². The van der Waals surface area contributed by atoms with Crippen LogP contribution >= 0.6 is 0 Å². The van der Waals surface area contributed by atoms with Crippen LogP contribution in [0.3, 0.4) is 0 Å². The summed E-state index contributed by atoms with van der Waals surface area (Å²) in [6.45, 7) is 4.63. The predicted octanol–water partition coefficient (Wildman–Crippen LogP) is 2.54. The Bertz CT molecular complexity index is 367. The summed E-state index contributed by atoms with van der Waals surface area (Å²) in [6.07, 6.45) is 10.0. The van der Waals surface area contributed by atoms with Crippen molar-refractivity contribution in [3.8, 4) is 0 Å². The molecule has 0 atom stereocenters. The summed E-state index contributed by atoms with van der Waals surface area (Å²) < 4.78 is 2.22. The zero-order valence-corrected chi connectivity index (χ0v) is 10.8. The van der Waals surface area contributed by atoms with Gasteiger partial charge in [-0.25, -0.2) is 0 Å². The molecule has 94 valence electrons. The van der Waals surface area contributed by atoms with Crippen LogP contribution in [-0.2, 0) is 6.42 Å². The van der Waals surface area contributed by atoms with Crippen molar-refractivity contribution in [3.63, 3.8) is 0 Å². The largest absolute Gasteiger partial charge is 0.316 e. The van der Waals surface area contributed by atoms with Gasteiger partial charge in [0.05, 0.1) is 11.7 Å². The van der Waals surface area contributed by atoms with Crippen LogP contribution in [0.25, 0.3) is 0 Å². The monoisotopic (exact) mass is 233 g/mol. The van der Waals surface area contributed by atoms with Crippen LogP contribution in [0.5, 0.6) is 0 Å². The van der Waals surface area contributed by atoms with Crippen LogP contribution < -0.4 is 5.32 Å². The molecule has 0 amide bonds. The quantitative estimate of drug-likeness (QED) is 0.866. The lowest BCUT2D eigenvalue weighted by atomic mass is 9.75. The van der Waals surface area contributed by atoms with Crippen molar-refractivity contribution in [3.05, 3.63) is 18.0 Å². The first kappa shape index (κ1) is 11.3. The van der Waals surface area contributed by atoms with Gasteiger partial charge >= 0.3 is 0 Å². The topological polar surface area (TPSA) is 29.9 Å². The highest BCUT2D eigenvalue weighted by Gasteiger charge is 2.35. The van der Waals surface area contributed by atoms with Gasteiger partial charge in [0.25, 0.3) is 0 Å². The smallest absolute Gasteiger partial charge is 0.0631 e. The molecule has 2 fully saturated rings. The molecule has 1 aromatic rings. The van der Waals surface area contributed by atoms with E-state index in [1.165, 1.54) is 50.9 Å². The second kappa shape index (κ2) is 4.45. The van der Waals surface area contributed by atoms with Crippen molar-refractivity contribution in [2.75, 3.05) is 13.1 Å². The minimum Gasteiger partial charge on any atom is -0.316 e. The fourth-order valence-electron chi connectivity index (χ4n) is 3.21. The molecule has 1 N–H and O–H groups in total. The molecule has 0 bridgehead atoms. The summed E-state index contributed by atoms with van der Waals surface area (Å²) in [4.78, 5) is 0. The molecule has 3 rings (SSSR count). The van der Waals surface area contributed by atoms with E-state index >= 15 is 0 Å². The van der Waals surface area contributed by atoms with E-state index in [-0.39, 0.29) is 0 Å². The van der Waals surface area contributed by atoms with Gasteiger partial charge in [0.15, 0.2) is 0 Å². The van der Waals surface area contributed by atoms with Crippen molar-refractivity contribution in [2.45, 2.75) is 51.5 Å². The van der Waals surface area contributed by atoms with Gasteiger partial charge in [-0.1, -0.05) is 19.8 Å². The molecule has 2 heterocycles. The number of nitrogens with one attached hydrogen (secondary N) is 1. The van der Waals surface area contributed by atoms with E-state index in [1.54, 1.807) is 0 Å². The standard InChI is InChI=1S/C14H23N3/c1-2-14(10-15-11-14)9-12-7-8-17(16-12)13-5-3-4-6-13/h7-8,13,15H,2-6,9-11H2,1H3. The Morgan fingerprint density at radius 2 is 2.18 bits per heavy atom. The number of hydrogen-bond donors (Lipinski definition) is 1. The molecule has 2 aliphatic rings. The lowest BCUT2D eigenvalue weighted by Crippen LogP contribution is -2.54. The van der Waals surface area contributed by atoms with Crippen molar-refractivity contribution in [1.82, 2.24) is 15.1 Å². The average Bonchev–Trinajstić information content (AvgIpc) is 2.94. The normalized spacial score (nSPS) is 23.8. The summed E-state index contributed by atoms with van der Waals surface area (Å²) in [5.41, 5.74) is 1.79. The third kappa shape index (κ3) is 2.13. The van der Waals surface area contributed by atoms with Crippen LogP contribution in [0.15, 0.2) is 12.3 Å². The van der Waals surface area contributed by atoms with Crippen LogP contribution in [0.2, 0.25) is 0 Å². The fraction of sp³-hybridized carbons (Fsp3) is 0.786. The lowest BCUT2D eigenvalue weighted by molar-refractivity contribution is 0.158. The van der Waals surface area contributed by atoms with Crippen molar-refractivity contribution >= 4 is 0 Å². The maximum atomic E-state index is 4.80. The first-order valence-electron chi connectivity index (χ1n) is 7.06. The maximum absolute atomic E-state index is 4.80. The Hall–Kier alpha value is -0.830. The molecular formula is C14H23N3. The number of rotatable bonds is 4. The molecule has 0 aromatic carbocycles. The maximum Gasteiger partial charge on any atom is 0.0631 e. The van der Waals surface area contributed by atoms with Crippen LogP contribution in [0.1, 0.15) is 50.8 Å². The fourth-order valence-corrected chi connectivity index (χ4v) is 3.21. The minimum absolute atomic E-state index is 0.495. The van der Waals surface area contributed by atoms with Gasteiger partial charge in [0, 0.05) is 24.7 Å². The van der Waals surface area contributed by atoms with E-state index in [1.807, 2.05) is 0 Å². The van der Waals surface area contributed by atoms with Gasteiger partial charge < -0.3 is 5.32 Å². The molecule has 0 spiro atoms.